The number of imide groups is 1. The lowest BCUT2D eigenvalue weighted by Gasteiger charge is -2.30. The number of aromatic nitrogens is 1. The molecule has 1 aromatic heterocycles. The zero-order valence-electron chi connectivity index (χ0n) is 21.4. The molecule has 0 aliphatic carbocycles. The third kappa shape index (κ3) is 4.82. The van der Waals surface area contributed by atoms with Gasteiger partial charge in [-0.05, 0) is 66.2 Å². The number of methoxy groups -OCH3 is 1. The number of thioether (sulfide) groups is 1. The van der Waals surface area contributed by atoms with Crippen LogP contribution in [0.3, 0.4) is 0 Å². The van der Waals surface area contributed by atoms with Crippen molar-refractivity contribution < 1.29 is 27.9 Å². The largest absolute Gasteiger partial charge is 0.497 e. The SMILES string of the molecule is COc1ccc(N2C(=O)C3Sc4c(sc(=O)n4CC(=O)Nc4ccc(F)cc4)C(c4ccc(F)cc4)C3C2=O)cc1. The van der Waals surface area contributed by atoms with E-state index in [0.29, 0.717) is 32.6 Å². The lowest BCUT2D eigenvalue weighted by atomic mass is 9.83. The maximum Gasteiger partial charge on any atom is 0.308 e. The van der Waals surface area contributed by atoms with Gasteiger partial charge in [0.2, 0.25) is 17.7 Å². The lowest BCUT2D eigenvalue weighted by molar-refractivity contribution is -0.122. The van der Waals surface area contributed by atoms with Gasteiger partial charge < -0.3 is 10.1 Å². The average molecular weight is 594 g/mol. The number of ether oxygens (including phenoxy) is 1. The second kappa shape index (κ2) is 10.6. The molecule has 12 heteroatoms. The Balaban J connectivity index is 1.39. The Morgan fingerprint density at radius 2 is 1.54 bits per heavy atom. The molecule has 3 unspecified atom stereocenters. The number of rotatable bonds is 6. The van der Waals surface area contributed by atoms with Crippen LogP contribution < -0.4 is 19.8 Å². The molecule has 6 rings (SSSR count). The van der Waals surface area contributed by atoms with Gasteiger partial charge in [-0.3, -0.25) is 23.7 Å². The maximum absolute atomic E-state index is 13.9. The van der Waals surface area contributed by atoms with Crippen LogP contribution in [0.1, 0.15) is 16.4 Å². The first-order chi connectivity index (χ1) is 19.7. The second-order valence-corrected chi connectivity index (χ2v) is 11.6. The Labute approximate surface area is 240 Å². The number of fused-ring (bicyclic) bond motifs is 2. The summed E-state index contributed by atoms with van der Waals surface area (Å²) in [5, 5.41) is 2.16. The number of hydrogen-bond acceptors (Lipinski definition) is 7. The number of nitrogens with zero attached hydrogens (tertiary/aromatic N) is 2. The molecule has 8 nitrogen and oxygen atoms in total. The molecule has 2 aliphatic heterocycles. The molecule has 1 fully saturated rings. The third-order valence-electron chi connectivity index (χ3n) is 7.04. The van der Waals surface area contributed by atoms with Crippen LogP contribution in [-0.2, 0) is 20.9 Å². The summed E-state index contributed by atoms with van der Waals surface area (Å²) >= 11 is 1.97. The van der Waals surface area contributed by atoms with E-state index in [1.807, 2.05) is 0 Å². The van der Waals surface area contributed by atoms with Gasteiger partial charge in [0, 0.05) is 16.5 Å². The van der Waals surface area contributed by atoms with Crippen molar-refractivity contribution in [2.24, 2.45) is 5.92 Å². The number of hydrogen-bond donors (Lipinski definition) is 1. The Kier molecular flexibility index (Phi) is 6.96. The number of thiazole rings is 1. The number of carbonyl (C=O) groups excluding carboxylic acids is 3. The van der Waals surface area contributed by atoms with Gasteiger partial charge in [-0.2, -0.15) is 0 Å². The number of nitrogens with one attached hydrogen (secondary N) is 1. The molecule has 0 saturated carbocycles. The first kappa shape index (κ1) is 26.9. The van der Waals surface area contributed by atoms with Gasteiger partial charge in [-0.15, -0.1) is 0 Å². The van der Waals surface area contributed by atoms with Crippen LogP contribution in [0.2, 0.25) is 0 Å². The van der Waals surface area contributed by atoms with Gasteiger partial charge in [0.05, 0.1) is 23.7 Å². The lowest BCUT2D eigenvalue weighted by Crippen LogP contribution is -2.33. The Morgan fingerprint density at radius 1 is 0.902 bits per heavy atom. The topological polar surface area (TPSA) is 97.7 Å². The van der Waals surface area contributed by atoms with E-state index < -0.39 is 51.3 Å². The molecule has 4 aromatic rings. The van der Waals surface area contributed by atoms with Crippen LogP contribution in [0.4, 0.5) is 20.2 Å². The third-order valence-corrected chi connectivity index (χ3v) is 9.64. The summed E-state index contributed by atoms with van der Waals surface area (Å²) in [5.74, 6) is -3.32. The minimum Gasteiger partial charge on any atom is -0.497 e. The highest BCUT2D eigenvalue weighted by molar-refractivity contribution is 8.00. The fourth-order valence-electron chi connectivity index (χ4n) is 5.15. The van der Waals surface area contributed by atoms with E-state index in [-0.39, 0.29) is 6.54 Å². The van der Waals surface area contributed by atoms with Crippen LogP contribution in [0.15, 0.2) is 82.6 Å². The molecule has 2 aliphatic rings. The summed E-state index contributed by atoms with van der Waals surface area (Å²) in [7, 11) is 1.51. The van der Waals surface area contributed by atoms with Crippen molar-refractivity contribution in [2.45, 2.75) is 22.7 Å². The van der Waals surface area contributed by atoms with Gasteiger partial charge in [0.1, 0.15) is 29.2 Å². The highest BCUT2D eigenvalue weighted by Gasteiger charge is 2.56. The molecule has 41 heavy (non-hydrogen) atoms. The second-order valence-electron chi connectivity index (χ2n) is 9.48. The molecule has 3 aromatic carbocycles. The van der Waals surface area contributed by atoms with Gasteiger partial charge >= 0.3 is 4.87 Å². The van der Waals surface area contributed by atoms with E-state index in [0.717, 1.165) is 28.0 Å². The fraction of sp³-hybridized carbons (Fsp3) is 0.172. The van der Waals surface area contributed by atoms with Gasteiger partial charge in [0.15, 0.2) is 0 Å². The van der Waals surface area contributed by atoms with Crippen molar-refractivity contribution in [3.63, 3.8) is 0 Å². The van der Waals surface area contributed by atoms with E-state index >= 15 is 0 Å². The Hall–Kier alpha value is -4.29. The quantitative estimate of drug-likeness (QED) is 0.328. The molecule has 0 radical (unpaired) electrons. The van der Waals surface area contributed by atoms with Crippen LogP contribution >= 0.6 is 23.1 Å². The van der Waals surface area contributed by atoms with Gasteiger partial charge in [-0.1, -0.05) is 35.2 Å². The van der Waals surface area contributed by atoms with Gasteiger partial charge in [0.25, 0.3) is 0 Å². The number of anilines is 2. The molecule has 3 amide bonds. The molecule has 1 N–H and O–H groups in total. The minimum absolute atomic E-state index is 0.354. The van der Waals surface area contributed by atoms with Crippen LogP contribution in [0.5, 0.6) is 5.75 Å². The summed E-state index contributed by atoms with van der Waals surface area (Å²) in [6, 6.07) is 17.4. The summed E-state index contributed by atoms with van der Waals surface area (Å²) in [6.45, 7) is -0.354. The first-order valence-electron chi connectivity index (χ1n) is 12.5. The summed E-state index contributed by atoms with van der Waals surface area (Å²) in [6.07, 6.45) is 0. The van der Waals surface area contributed by atoms with Crippen LogP contribution in [0, 0.1) is 17.6 Å². The van der Waals surface area contributed by atoms with E-state index in [1.54, 1.807) is 36.4 Å². The van der Waals surface area contributed by atoms with Crippen molar-refractivity contribution >= 4 is 52.2 Å². The Bertz CT molecular complexity index is 1720. The zero-order chi connectivity index (χ0) is 28.8. The highest BCUT2D eigenvalue weighted by Crippen LogP contribution is 2.53. The molecular weight excluding hydrogens is 572 g/mol. The number of halogens is 2. The van der Waals surface area contributed by atoms with Crippen molar-refractivity contribution in [3.8, 4) is 5.75 Å². The van der Waals surface area contributed by atoms with E-state index in [9.17, 15) is 28.0 Å². The molecular formula is C29H21F2N3O5S2. The molecule has 0 spiro atoms. The molecule has 3 heterocycles. The van der Waals surface area contributed by atoms with Crippen LogP contribution in [0.25, 0.3) is 0 Å². The first-order valence-corrected chi connectivity index (χ1v) is 14.2. The number of benzene rings is 3. The summed E-state index contributed by atoms with van der Waals surface area (Å²) in [4.78, 5) is 54.9. The fourth-order valence-corrected chi connectivity index (χ4v) is 7.92. The molecule has 3 atom stereocenters. The summed E-state index contributed by atoms with van der Waals surface area (Å²) < 4.78 is 33.6. The van der Waals surface area contributed by atoms with E-state index in [2.05, 4.69) is 5.32 Å². The van der Waals surface area contributed by atoms with E-state index in [1.165, 1.54) is 48.1 Å². The van der Waals surface area contributed by atoms with Crippen molar-refractivity contribution in [1.29, 1.82) is 0 Å². The minimum atomic E-state index is -0.882. The van der Waals surface area contributed by atoms with E-state index in [4.69, 9.17) is 4.74 Å². The zero-order valence-corrected chi connectivity index (χ0v) is 23.0. The summed E-state index contributed by atoms with van der Waals surface area (Å²) in [5.41, 5.74) is 1.31. The Morgan fingerprint density at radius 3 is 2.17 bits per heavy atom. The van der Waals surface area contributed by atoms with Crippen molar-refractivity contribution in [3.05, 3.63) is 105 Å². The maximum atomic E-state index is 13.9. The standard InChI is InChI=1S/C29H21F2N3O5S2/c1-39-20-12-10-19(11-13-20)34-26(36)23-22(15-2-4-16(30)5-3-15)25-28(40-24(23)27(34)37)33(29(38)41-25)14-21(35)32-18-8-6-17(31)7-9-18/h2-13,22-24H,14H2,1H3,(H,32,35). The van der Waals surface area contributed by atoms with Crippen molar-refractivity contribution in [2.75, 3.05) is 17.3 Å². The predicted octanol–water partition coefficient (Wildman–Crippen LogP) is 4.63. The molecule has 208 valence electrons. The molecule has 0 bridgehead atoms. The normalized spacial score (nSPS) is 19.6. The monoisotopic (exact) mass is 593 g/mol. The molecule has 1 saturated heterocycles. The van der Waals surface area contributed by atoms with Gasteiger partial charge in [-0.25, -0.2) is 13.7 Å². The van der Waals surface area contributed by atoms with Crippen LogP contribution in [-0.4, -0.2) is 34.6 Å². The number of carbonyl (C=O) groups is 3. The highest BCUT2D eigenvalue weighted by atomic mass is 32.2. The average Bonchev–Trinajstić information content (AvgIpc) is 3.41. The smallest absolute Gasteiger partial charge is 0.308 e. The predicted molar refractivity (Wildman–Crippen MR) is 150 cm³/mol. The van der Waals surface area contributed by atoms with Crippen molar-refractivity contribution in [1.82, 2.24) is 4.57 Å². The number of amides is 3.